The van der Waals surface area contributed by atoms with Gasteiger partial charge < -0.3 is 20.5 Å². The van der Waals surface area contributed by atoms with E-state index in [9.17, 15) is 22.8 Å². The summed E-state index contributed by atoms with van der Waals surface area (Å²) in [6.45, 7) is 0.980. The molecule has 0 spiro atoms. The molecule has 154 valence electrons. The summed E-state index contributed by atoms with van der Waals surface area (Å²) in [5.41, 5.74) is 6.71. The van der Waals surface area contributed by atoms with E-state index in [0.717, 1.165) is 30.7 Å². The molecular formula is C19H18ClF3N4O2. The summed E-state index contributed by atoms with van der Waals surface area (Å²) < 4.78 is 40.0. The summed E-state index contributed by atoms with van der Waals surface area (Å²) in [4.78, 5) is 26.0. The van der Waals surface area contributed by atoms with Crippen LogP contribution in [0.4, 0.5) is 23.7 Å². The second-order valence-electron chi connectivity index (χ2n) is 7.24. The van der Waals surface area contributed by atoms with E-state index < -0.39 is 23.7 Å². The first-order valence-corrected chi connectivity index (χ1v) is 9.48. The largest absolute Gasteiger partial charge is 0.416 e. The van der Waals surface area contributed by atoms with Crippen molar-refractivity contribution in [1.82, 2.24) is 9.47 Å². The van der Waals surface area contributed by atoms with E-state index in [2.05, 4.69) is 5.32 Å². The minimum absolute atomic E-state index is 0.136. The van der Waals surface area contributed by atoms with Gasteiger partial charge in [-0.15, -0.1) is 0 Å². The lowest BCUT2D eigenvalue weighted by Gasteiger charge is -2.30. The second kappa shape index (κ2) is 6.98. The Bertz CT molecular complexity index is 981. The van der Waals surface area contributed by atoms with Crippen LogP contribution >= 0.6 is 11.6 Å². The number of hydrogen-bond acceptors (Lipinski definition) is 2. The van der Waals surface area contributed by atoms with Crippen LogP contribution in [-0.2, 0) is 19.3 Å². The lowest BCUT2D eigenvalue weighted by molar-refractivity contribution is -0.137. The molecule has 4 rings (SSSR count). The topological polar surface area (TPSA) is 80.4 Å². The van der Waals surface area contributed by atoms with Crippen molar-refractivity contribution in [3.05, 3.63) is 51.8 Å². The number of urea groups is 1. The number of hydrogen-bond donors (Lipinski definition) is 2. The van der Waals surface area contributed by atoms with Crippen molar-refractivity contribution in [3.8, 4) is 0 Å². The van der Waals surface area contributed by atoms with E-state index in [1.54, 1.807) is 0 Å². The summed E-state index contributed by atoms with van der Waals surface area (Å²) >= 11 is 6.43. The van der Waals surface area contributed by atoms with E-state index >= 15 is 0 Å². The number of halogens is 4. The first-order valence-electron chi connectivity index (χ1n) is 9.10. The number of primary amides is 1. The quantitative estimate of drug-likeness (QED) is 0.771. The van der Waals surface area contributed by atoms with Gasteiger partial charge in [-0.3, -0.25) is 4.79 Å². The fourth-order valence-corrected chi connectivity index (χ4v) is 4.14. The second-order valence-corrected chi connectivity index (χ2v) is 7.62. The molecule has 1 aliphatic heterocycles. The Morgan fingerprint density at radius 3 is 2.34 bits per heavy atom. The van der Waals surface area contributed by atoms with E-state index in [0.29, 0.717) is 29.7 Å². The monoisotopic (exact) mass is 426 g/mol. The molecule has 2 aliphatic rings. The molecule has 0 saturated heterocycles. The van der Waals surface area contributed by atoms with Crippen molar-refractivity contribution in [2.24, 2.45) is 5.73 Å². The normalized spacial score (nSPS) is 16.5. The molecule has 1 fully saturated rings. The van der Waals surface area contributed by atoms with Crippen LogP contribution in [0, 0.1) is 0 Å². The van der Waals surface area contributed by atoms with Crippen molar-refractivity contribution < 1.29 is 22.8 Å². The van der Waals surface area contributed by atoms with Crippen LogP contribution in [0.25, 0.3) is 0 Å². The van der Waals surface area contributed by atoms with Crippen LogP contribution in [0.3, 0.4) is 0 Å². The lowest BCUT2D eigenvalue weighted by atomic mass is 10.2. The zero-order valence-corrected chi connectivity index (χ0v) is 16.0. The first kappa shape index (κ1) is 19.6. The molecule has 1 saturated carbocycles. The molecule has 6 nitrogen and oxygen atoms in total. The maximum atomic E-state index is 12.7. The molecule has 29 heavy (non-hydrogen) atoms. The molecule has 0 bridgehead atoms. The Kier molecular flexibility index (Phi) is 4.72. The number of nitrogens with zero attached hydrogens (tertiary/aromatic N) is 2. The Morgan fingerprint density at radius 1 is 1.14 bits per heavy atom. The fourth-order valence-electron chi connectivity index (χ4n) is 3.68. The van der Waals surface area contributed by atoms with Gasteiger partial charge in [0.05, 0.1) is 28.4 Å². The smallest absolute Gasteiger partial charge is 0.365 e. The number of anilines is 1. The predicted octanol–water partition coefficient (Wildman–Crippen LogP) is 4.18. The highest BCUT2D eigenvalue weighted by atomic mass is 35.5. The summed E-state index contributed by atoms with van der Waals surface area (Å²) in [5.74, 6) is -0.336. The van der Waals surface area contributed by atoms with Gasteiger partial charge in [0.2, 0.25) is 0 Å². The third-order valence-electron chi connectivity index (χ3n) is 5.24. The number of carbonyl (C=O) groups excluding carboxylic acids is 2. The number of nitrogens with one attached hydrogen (secondary N) is 1. The van der Waals surface area contributed by atoms with E-state index in [1.807, 2.05) is 4.57 Å². The SMILES string of the molecule is NC(=O)c1c(Cl)c(C2CC2)n2c1CN(C(=O)Nc1ccc(C(F)(F)F)cc1)CC2. The lowest BCUT2D eigenvalue weighted by Crippen LogP contribution is -2.41. The van der Waals surface area contributed by atoms with Crippen molar-refractivity contribution in [3.63, 3.8) is 0 Å². The van der Waals surface area contributed by atoms with Crippen LogP contribution in [0.15, 0.2) is 24.3 Å². The summed E-state index contributed by atoms with van der Waals surface area (Å²) in [7, 11) is 0. The highest BCUT2D eigenvalue weighted by Gasteiger charge is 2.37. The average molecular weight is 427 g/mol. The van der Waals surface area contributed by atoms with E-state index in [-0.39, 0.29) is 17.8 Å². The Hall–Kier alpha value is -2.68. The van der Waals surface area contributed by atoms with Crippen LogP contribution in [-0.4, -0.2) is 28.0 Å². The minimum Gasteiger partial charge on any atom is -0.365 e. The third kappa shape index (κ3) is 3.66. The standard InChI is InChI=1S/C19H18ClF3N4O2/c20-15-14(17(24)28)13-9-26(7-8-27(13)16(15)10-1-2-10)18(29)25-12-5-3-11(4-6-12)19(21,22)23/h3-6,10H,1-2,7-9H2,(H2,24,28)(H,25,29). The van der Waals surface area contributed by atoms with Gasteiger partial charge in [0.1, 0.15) is 0 Å². The molecule has 3 amide bonds. The van der Waals surface area contributed by atoms with Crippen molar-refractivity contribution in [2.45, 2.75) is 38.0 Å². The van der Waals surface area contributed by atoms with Gasteiger partial charge in [0, 0.05) is 30.4 Å². The first-order chi connectivity index (χ1) is 13.7. The van der Waals surface area contributed by atoms with Gasteiger partial charge in [-0.25, -0.2) is 4.79 Å². The molecule has 0 radical (unpaired) electrons. The highest BCUT2D eigenvalue weighted by Crippen LogP contribution is 2.46. The summed E-state index contributed by atoms with van der Waals surface area (Å²) in [6.07, 6.45) is -2.44. The Balaban J connectivity index is 1.53. The number of alkyl halides is 3. The molecule has 10 heteroatoms. The zero-order chi connectivity index (χ0) is 20.9. The van der Waals surface area contributed by atoms with Crippen LogP contribution < -0.4 is 11.1 Å². The summed E-state index contributed by atoms with van der Waals surface area (Å²) in [5, 5.41) is 2.95. The van der Waals surface area contributed by atoms with E-state index in [1.165, 1.54) is 17.0 Å². The number of amides is 3. The zero-order valence-electron chi connectivity index (χ0n) is 15.2. The number of rotatable bonds is 3. The molecule has 1 aromatic heterocycles. The van der Waals surface area contributed by atoms with Crippen molar-refractivity contribution >= 4 is 29.2 Å². The van der Waals surface area contributed by atoms with Gasteiger partial charge >= 0.3 is 12.2 Å². The molecule has 2 heterocycles. The number of aromatic nitrogens is 1. The molecule has 3 N–H and O–H groups in total. The number of benzene rings is 1. The fraction of sp³-hybridized carbons (Fsp3) is 0.368. The molecule has 1 aliphatic carbocycles. The van der Waals surface area contributed by atoms with Crippen molar-refractivity contribution in [2.75, 3.05) is 11.9 Å². The number of fused-ring (bicyclic) bond motifs is 1. The van der Waals surface area contributed by atoms with E-state index in [4.69, 9.17) is 17.3 Å². The van der Waals surface area contributed by atoms with Gasteiger partial charge in [-0.1, -0.05) is 11.6 Å². The molecule has 0 atom stereocenters. The van der Waals surface area contributed by atoms with Gasteiger partial charge in [0.25, 0.3) is 5.91 Å². The van der Waals surface area contributed by atoms with Crippen LogP contribution in [0.1, 0.15) is 46.1 Å². The highest BCUT2D eigenvalue weighted by molar-refractivity contribution is 6.35. The molecule has 2 aromatic rings. The maximum Gasteiger partial charge on any atom is 0.416 e. The van der Waals surface area contributed by atoms with Crippen molar-refractivity contribution in [1.29, 1.82) is 0 Å². The van der Waals surface area contributed by atoms with Crippen LogP contribution in [0.5, 0.6) is 0 Å². The summed E-state index contributed by atoms with van der Waals surface area (Å²) in [6, 6.07) is 3.74. The third-order valence-corrected chi connectivity index (χ3v) is 5.63. The van der Waals surface area contributed by atoms with Gasteiger partial charge in [-0.2, -0.15) is 13.2 Å². The molecule has 0 unspecified atom stereocenters. The van der Waals surface area contributed by atoms with Gasteiger partial charge in [-0.05, 0) is 37.1 Å². The van der Waals surface area contributed by atoms with Crippen LogP contribution in [0.2, 0.25) is 5.02 Å². The maximum absolute atomic E-state index is 12.7. The average Bonchev–Trinajstić information content (AvgIpc) is 3.43. The molecule has 1 aromatic carbocycles. The Morgan fingerprint density at radius 2 is 1.79 bits per heavy atom. The predicted molar refractivity (Wildman–Crippen MR) is 101 cm³/mol. The number of carbonyl (C=O) groups is 2. The van der Waals surface area contributed by atoms with Gasteiger partial charge in [0.15, 0.2) is 0 Å². The molecular weight excluding hydrogens is 409 g/mol. The Labute approximate surface area is 169 Å². The minimum atomic E-state index is -4.44. The number of nitrogens with two attached hydrogens (primary N) is 1.